The average molecular weight is 395 g/mol. The summed E-state index contributed by atoms with van der Waals surface area (Å²) in [5.74, 6) is 0.614. The van der Waals surface area contributed by atoms with Gasteiger partial charge in [-0.05, 0) is 31.9 Å². The van der Waals surface area contributed by atoms with Gasteiger partial charge in [0.15, 0.2) is 0 Å². The molecule has 2 N–H and O–H groups in total. The lowest BCUT2D eigenvalue weighted by Crippen LogP contribution is -2.25. The predicted molar refractivity (Wildman–Crippen MR) is 110 cm³/mol. The molecule has 1 aliphatic rings. The van der Waals surface area contributed by atoms with Crippen LogP contribution in [0, 0.1) is 6.92 Å². The average Bonchev–Trinajstić information content (AvgIpc) is 3.43. The molecule has 1 saturated carbocycles. The van der Waals surface area contributed by atoms with Crippen LogP contribution in [0.5, 0.6) is 0 Å². The maximum Gasteiger partial charge on any atom is 0.252 e. The molecule has 0 saturated heterocycles. The Balaban J connectivity index is 1.50. The zero-order valence-corrected chi connectivity index (χ0v) is 16.5. The van der Waals surface area contributed by atoms with Crippen molar-refractivity contribution in [3.05, 3.63) is 47.7 Å². The normalized spacial score (nSPS) is 13.5. The molecule has 2 aromatic heterocycles. The quantitative estimate of drug-likeness (QED) is 0.627. The number of thioether (sulfide) groups is 1. The van der Waals surface area contributed by atoms with Crippen molar-refractivity contribution in [2.45, 2.75) is 30.8 Å². The third-order valence-electron chi connectivity index (χ3n) is 4.47. The molecule has 0 radical (unpaired) electrons. The number of rotatable bonds is 6. The largest absolute Gasteiger partial charge is 0.349 e. The molecule has 7 nitrogen and oxygen atoms in total. The molecule has 8 heteroatoms. The zero-order chi connectivity index (χ0) is 19.7. The maximum absolute atomic E-state index is 12.6. The van der Waals surface area contributed by atoms with E-state index in [0.717, 1.165) is 29.4 Å². The number of amides is 2. The van der Waals surface area contributed by atoms with Gasteiger partial charge in [0.1, 0.15) is 5.82 Å². The highest BCUT2D eigenvalue weighted by atomic mass is 32.2. The number of nitrogens with zero attached hydrogens (tertiary/aromatic N) is 3. The number of pyridine rings is 1. The summed E-state index contributed by atoms with van der Waals surface area (Å²) in [6.45, 7) is 1.87. The number of benzene rings is 1. The van der Waals surface area contributed by atoms with Crippen LogP contribution in [0.1, 0.15) is 28.9 Å². The minimum Gasteiger partial charge on any atom is -0.349 e. The molecule has 0 unspecified atom stereocenters. The van der Waals surface area contributed by atoms with Crippen molar-refractivity contribution in [3.8, 4) is 0 Å². The Kier molecular flexibility index (Phi) is 5.04. The van der Waals surface area contributed by atoms with E-state index in [1.165, 1.54) is 11.8 Å². The number of anilines is 1. The smallest absolute Gasteiger partial charge is 0.252 e. The molecule has 1 fully saturated rings. The number of aryl methyl sites for hydroxylation is 2. The number of carbonyl (C=O) groups excluding carboxylic acids is 2. The fourth-order valence-electron chi connectivity index (χ4n) is 2.95. The van der Waals surface area contributed by atoms with Gasteiger partial charge in [0, 0.05) is 24.5 Å². The van der Waals surface area contributed by atoms with Crippen molar-refractivity contribution < 1.29 is 9.59 Å². The van der Waals surface area contributed by atoms with Gasteiger partial charge < -0.3 is 10.6 Å². The molecule has 144 valence electrons. The number of hydrogen-bond acceptors (Lipinski definition) is 5. The van der Waals surface area contributed by atoms with E-state index >= 15 is 0 Å². The SMILES string of the molecule is Cc1cc(NC(=O)CSc2cc(C(=O)NC3CC3)c3ccccc3n2)n(C)n1. The molecule has 0 atom stereocenters. The Bertz CT molecular complexity index is 1060. The van der Waals surface area contributed by atoms with Gasteiger partial charge >= 0.3 is 0 Å². The second kappa shape index (κ2) is 7.63. The lowest BCUT2D eigenvalue weighted by atomic mass is 10.1. The fraction of sp³-hybridized carbons (Fsp3) is 0.300. The number of aromatic nitrogens is 3. The van der Waals surface area contributed by atoms with Crippen molar-refractivity contribution in [2.24, 2.45) is 7.05 Å². The Morgan fingerprint density at radius 1 is 1.25 bits per heavy atom. The van der Waals surface area contributed by atoms with E-state index in [9.17, 15) is 9.59 Å². The summed E-state index contributed by atoms with van der Waals surface area (Å²) >= 11 is 1.31. The number of hydrogen-bond donors (Lipinski definition) is 2. The zero-order valence-electron chi connectivity index (χ0n) is 15.7. The van der Waals surface area contributed by atoms with Crippen LogP contribution in [-0.2, 0) is 11.8 Å². The van der Waals surface area contributed by atoms with Gasteiger partial charge in [-0.2, -0.15) is 5.10 Å². The maximum atomic E-state index is 12.6. The van der Waals surface area contributed by atoms with E-state index in [0.29, 0.717) is 16.4 Å². The van der Waals surface area contributed by atoms with E-state index in [-0.39, 0.29) is 23.6 Å². The van der Waals surface area contributed by atoms with Crippen LogP contribution in [0.15, 0.2) is 41.4 Å². The van der Waals surface area contributed by atoms with Crippen molar-refractivity contribution >= 4 is 40.3 Å². The molecule has 0 spiro atoms. The Morgan fingerprint density at radius 3 is 2.75 bits per heavy atom. The molecule has 0 bridgehead atoms. The van der Waals surface area contributed by atoms with Crippen LogP contribution in [-0.4, -0.2) is 38.4 Å². The van der Waals surface area contributed by atoms with E-state index < -0.39 is 0 Å². The van der Waals surface area contributed by atoms with Crippen LogP contribution in [0.3, 0.4) is 0 Å². The number of fused-ring (bicyclic) bond motifs is 1. The summed E-state index contributed by atoms with van der Waals surface area (Å²) in [6, 6.07) is 11.4. The van der Waals surface area contributed by atoms with Crippen LogP contribution in [0.4, 0.5) is 5.82 Å². The standard InChI is InChI=1S/C20H21N5O2S/c1-12-9-17(25(2)24-12)23-18(26)11-28-19-10-15(20(27)21-13-7-8-13)14-5-3-4-6-16(14)22-19/h3-6,9-10,13H,7-8,11H2,1-2H3,(H,21,27)(H,23,26). The van der Waals surface area contributed by atoms with Gasteiger partial charge in [-0.1, -0.05) is 30.0 Å². The predicted octanol–water partition coefficient (Wildman–Crippen LogP) is 2.90. The van der Waals surface area contributed by atoms with Gasteiger partial charge in [0.2, 0.25) is 5.91 Å². The van der Waals surface area contributed by atoms with Crippen LogP contribution >= 0.6 is 11.8 Å². The molecule has 3 aromatic rings. The molecule has 0 aliphatic heterocycles. The first-order valence-electron chi connectivity index (χ1n) is 9.13. The Labute approximate surface area is 166 Å². The molecule has 4 rings (SSSR count). The third kappa shape index (κ3) is 4.17. The Morgan fingerprint density at radius 2 is 2.04 bits per heavy atom. The van der Waals surface area contributed by atoms with Gasteiger partial charge in [-0.25, -0.2) is 4.98 Å². The molecule has 28 heavy (non-hydrogen) atoms. The molecule has 2 heterocycles. The highest BCUT2D eigenvalue weighted by molar-refractivity contribution is 7.99. The van der Waals surface area contributed by atoms with Crippen molar-refractivity contribution in [3.63, 3.8) is 0 Å². The van der Waals surface area contributed by atoms with E-state index in [1.807, 2.05) is 37.3 Å². The summed E-state index contributed by atoms with van der Waals surface area (Å²) in [5.41, 5.74) is 2.19. The minimum absolute atomic E-state index is 0.0854. The lowest BCUT2D eigenvalue weighted by molar-refractivity contribution is -0.113. The van der Waals surface area contributed by atoms with Crippen molar-refractivity contribution in [1.82, 2.24) is 20.1 Å². The topological polar surface area (TPSA) is 88.9 Å². The van der Waals surface area contributed by atoms with E-state index in [4.69, 9.17) is 0 Å². The van der Waals surface area contributed by atoms with Crippen molar-refractivity contribution in [1.29, 1.82) is 0 Å². The number of para-hydroxylation sites is 1. The van der Waals surface area contributed by atoms with Gasteiger partial charge in [0.25, 0.3) is 5.91 Å². The van der Waals surface area contributed by atoms with Gasteiger partial charge in [-0.3, -0.25) is 14.3 Å². The summed E-state index contributed by atoms with van der Waals surface area (Å²) in [5, 5.41) is 11.6. The number of carbonyl (C=O) groups is 2. The molecule has 1 aliphatic carbocycles. The lowest BCUT2D eigenvalue weighted by Gasteiger charge is -2.10. The van der Waals surface area contributed by atoms with E-state index in [2.05, 4.69) is 20.7 Å². The van der Waals surface area contributed by atoms with Crippen LogP contribution in [0.2, 0.25) is 0 Å². The molecular formula is C20H21N5O2S. The molecule has 1 aromatic carbocycles. The summed E-state index contributed by atoms with van der Waals surface area (Å²) in [6.07, 6.45) is 2.06. The first-order chi connectivity index (χ1) is 13.5. The van der Waals surface area contributed by atoms with Crippen molar-refractivity contribution in [2.75, 3.05) is 11.1 Å². The highest BCUT2D eigenvalue weighted by Crippen LogP contribution is 2.26. The van der Waals surface area contributed by atoms with E-state index in [1.54, 1.807) is 17.8 Å². The second-order valence-corrected chi connectivity index (χ2v) is 7.90. The van der Waals surface area contributed by atoms with Gasteiger partial charge in [0.05, 0.1) is 27.6 Å². The fourth-order valence-corrected chi connectivity index (χ4v) is 3.66. The molecule has 2 amide bonds. The monoisotopic (exact) mass is 395 g/mol. The molecular weight excluding hydrogens is 374 g/mol. The van der Waals surface area contributed by atoms with Crippen LogP contribution < -0.4 is 10.6 Å². The Hall–Kier alpha value is -2.87. The highest BCUT2D eigenvalue weighted by Gasteiger charge is 2.25. The first kappa shape index (κ1) is 18.5. The summed E-state index contributed by atoms with van der Waals surface area (Å²) in [7, 11) is 1.78. The third-order valence-corrected chi connectivity index (χ3v) is 5.38. The summed E-state index contributed by atoms with van der Waals surface area (Å²) in [4.78, 5) is 29.5. The van der Waals surface area contributed by atoms with Crippen LogP contribution in [0.25, 0.3) is 10.9 Å². The first-order valence-corrected chi connectivity index (χ1v) is 10.1. The number of nitrogens with one attached hydrogen (secondary N) is 2. The van der Waals surface area contributed by atoms with Gasteiger partial charge in [-0.15, -0.1) is 0 Å². The summed E-state index contributed by atoms with van der Waals surface area (Å²) < 4.78 is 1.63. The minimum atomic E-state index is -0.146. The second-order valence-electron chi connectivity index (χ2n) is 6.90.